The van der Waals surface area contributed by atoms with Crippen molar-refractivity contribution in [3.05, 3.63) is 0 Å². The van der Waals surface area contributed by atoms with Gasteiger partial charge in [0, 0.05) is 20.3 Å². The molecule has 0 aliphatic carbocycles. The summed E-state index contributed by atoms with van der Waals surface area (Å²) in [5.74, 6) is -7.13. The Hall–Kier alpha value is -3.36. The smallest absolute Gasteiger partial charge is 0.364 e. The Labute approximate surface area is 486 Å². The molecule has 0 radical (unpaired) electrons. The van der Waals surface area contributed by atoms with Crippen LogP contribution in [0.25, 0.3) is 0 Å². The molecule has 6 rings (SSSR count). The molecule has 0 aromatic rings. The third kappa shape index (κ3) is 15.8. The number of carboxylic acids is 1. The minimum atomic E-state index is -3.24. The fourth-order valence-electron chi connectivity index (χ4n) is 10.6. The van der Waals surface area contributed by atoms with E-state index in [1.54, 1.807) is 0 Å². The van der Waals surface area contributed by atoms with Crippen LogP contribution in [0, 0.1) is 0 Å². The number of ether oxygens (including phenoxy) is 12. The lowest BCUT2D eigenvalue weighted by atomic mass is 9.88. The van der Waals surface area contributed by atoms with Gasteiger partial charge in [0.15, 0.2) is 31.5 Å². The lowest BCUT2D eigenvalue weighted by Crippen LogP contribution is -2.71. The number of hydrogen-bond donors (Lipinski definition) is 23. The maximum absolute atomic E-state index is 13.1. The number of rotatable bonds is 27. The topological polar surface area (TPSA) is 620 Å². The fourth-order valence-corrected chi connectivity index (χ4v) is 10.6. The molecule has 6 aliphatic heterocycles. The van der Waals surface area contributed by atoms with Gasteiger partial charge in [-0.1, -0.05) is 0 Å². The van der Waals surface area contributed by atoms with Crippen molar-refractivity contribution < 1.29 is 178 Å². The lowest BCUT2D eigenvalue weighted by Gasteiger charge is -2.51. The van der Waals surface area contributed by atoms with Crippen LogP contribution < -0.4 is 16.0 Å². The predicted octanol–water partition coefficient (Wildman–Crippen LogP) is -15.5. The van der Waals surface area contributed by atoms with E-state index in [9.17, 15) is 121 Å². The highest BCUT2D eigenvalue weighted by molar-refractivity contribution is 5.76. The molecule has 6 saturated heterocycles. The second kappa shape index (κ2) is 31.6. The molecular weight excluding hydrogens is 1180 g/mol. The molecule has 0 spiro atoms. The van der Waals surface area contributed by atoms with Crippen LogP contribution in [0.15, 0.2) is 0 Å². The monoisotopic (exact) mass is 1260 g/mol. The summed E-state index contributed by atoms with van der Waals surface area (Å²) >= 11 is 0. The largest absolute Gasteiger partial charge is 0.477 e. The van der Waals surface area contributed by atoms with Crippen molar-refractivity contribution in [2.24, 2.45) is 0 Å². The number of carbonyl (C=O) groups is 4. The Balaban J connectivity index is 1.24. The third-order valence-electron chi connectivity index (χ3n) is 15.2. The van der Waals surface area contributed by atoms with Crippen molar-refractivity contribution in [3.63, 3.8) is 0 Å². The van der Waals surface area contributed by atoms with E-state index in [1.165, 1.54) is 0 Å². The number of carbonyl (C=O) groups excluding carboxylic acids is 3. The van der Waals surface area contributed by atoms with Gasteiger partial charge in [-0.25, -0.2) is 4.79 Å². The normalized spacial score (nSPS) is 45.0. The Bertz CT molecular complexity index is 2150. The molecule has 6 heterocycles. The molecule has 0 aromatic carbocycles. The lowest BCUT2D eigenvalue weighted by molar-refractivity contribution is -0.394. The van der Waals surface area contributed by atoms with Crippen LogP contribution >= 0.6 is 0 Å². The second-order valence-corrected chi connectivity index (χ2v) is 21.1. The van der Waals surface area contributed by atoms with Crippen LogP contribution in [0.3, 0.4) is 0 Å². The molecule has 23 N–H and O–H groups in total. The standard InChI is InChI=1S/C47H79N3O36/c1-13(59)49-23-16(61)3-47(46(73)74,85-37(23)25(63)17(62)5-52)86-40-29(67)21(9-56)79-45(34(40)72)84-39-28(66)20(8-55)78-44(33(39)71)82-36-24(50-14(2)60)41(76-18(6-53)26(36)64)83-38-27(65)19(7-54)77-43(32(38)70)81-35-22(10-57)80-42(31(69)30(35)68)75-11-15(4-51)48-12-58/h12,15-45,51-57,61-72H,3-11H2,1-2H3,(H,48,58)(H,49,59)(H,50,60)(H,73,74)/t15-,16+,17-,18-,19-,20-,21-,22-,23-,24-,25-,26-,27+,28+,29+,30-,31-,32-,33-,34-,35-,36-,37-,38+,39+,40+,41+,42-,43+,44+,45+,47+/m1/s1. The van der Waals surface area contributed by atoms with Gasteiger partial charge in [0.25, 0.3) is 5.79 Å². The molecule has 39 nitrogen and oxygen atoms in total. The molecular formula is C47H79N3O36. The summed E-state index contributed by atoms with van der Waals surface area (Å²) < 4.78 is 68.5. The van der Waals surface area contributed by atoms with Gasteiger partial charge in [0.2, 0.25) is 18.2 Å². The van der Waals surface area contributed by atoms with E-state index >= 15 is 0 Å². The maximum atomic E-state index is 13.1. The van der Waals surface area contributed by atoms with Crippen molar-refractivity contribution in [3.8, 4) is 0 Å². The zero-order valence-electron chi connectivity index (χ0n) is 45.8. The van der Waals surface area contributed by atoms with Crippen molar-refractivity contribution in [2.45, 2.75) is 216 Å². The van der Waals surface area contributed by atoms with Crippen LogP contribution in [-0.4, -0.2) is 375 Å². The third-order valence-corrected chi connectivity index (χ3v) is 15.2. The van der Waals surface area contributed by atoms with Crippen molar-refractivity contribution in [2.75, 3.05) is 52.9 Å². The molecule has 0 unspecified atom stereocenters. The van der Waals surface area contributed by atoms with E-state index in [0.717, 1.165) is 13.8 Å². The van der Waals surface area contributed by atoms with Crippen LogP contribution in [0.1, 0.15) is 20.3 Å². The minimum absolute atomic E-state index is 0.259. The van der Waals surface area contributed by atoms with Gasteiger partial charge in [-0.3, -0.25) is 14.4 Å². The maximum Gasteiger partial charge on any atom is 0.364 e. The average molecular weight is 1260 g/mol. The summed E-state index contributed by atoms with van der Waals surface area (Å²) in [7, 11) is 0. The summed E-state index contributed by atoms with van der Waals surface area (Å²) in [5.41, 5.74) is 0. The molecule has 498 valence electrons. The molecule has 6 fully saturated rings. The summed E-state index contributed by atoms with van der Waals surface area (Å²) in [6.45, 7) is -5.74. The zero-order valence-corrected chi connectivity index (χ0v) is 45.8. The van der Waals surface area contributed by atoms with Gasteiger partial charge in [-0.15, -0.1) is 0 Å². The van der Waals surface area contributed by atoms with Gasteiger partial charge >= 0.3 is 5.97 Å². The summed E-state index contributed by atoms with van der Waals surface area (Å²) in [5, 5.41) is 224. The highest BCUT2D eigenvalue weighted by Crippen LogP contribution is 2.40. The van der Waals surface area contributed by atoms with Crippen molar-refractivity contribution in [1.29, 1.82) is 0 Å². The first-order valence-electron chi connectivity index (χ1n) is 27.0. The molecule has 0 aromatic heterocycles. The van der Waals surface area contributed by atoms with Gasteiger partial charge in [0.05, 0.1) is 71.0 Å². The Kier molecular flexibility index (Phi) is 26.3. The number of aliphatic hydroxyl groups excluding tert-OH is 19. The molecule has 39 heteroatoms. The van der Waals surface area contributed by atoms with Crippen LogP contribution in [0.5, 0.6) is 0 Å². The number of nitrogens with one attached hydrogen (secondary N) is 3. The van der Waals surface area contributed by atoms with E-state index in [1.807, 2.05) is 0 Å². The van der Waals surface area contributed by atoms with Gasteiger partial charge in [-0.05, 0) is 0 Å². The summed E-state index contributed by atoms with van der Waals surface area (Å²) in [6, 6.07) is -4.59. The molecule has 6 aliphatic rings. The Morgan fingerprint density at radius 1 is 0.523 bits per heavy atom. The number of carboxylic acid groups (broad SMARTS) is 1. The molecule has 3 amide bonds. The Morgan fingerprint density at radius 2 is 0.942 bits per heavy atom. The van der Waals surface area contributed by atoms with E-state index in [4.69, 9.17) is 56.8 Å². The van der Waals surface area contributed by atoms with Crippen molar-refractivity contribution >= 4 is 24.2 Å². The number of hydrogen-bond acceptors (Lipinski definition) is 35. The second-order valence-electron chi connectivity index (χ2n) is 21.1. The number of amides is 3. The fraction of sp³-hybridized carbons (Fsp3) is 0.915. The molecule has 0 saturated carbocycles. The first-order valence-corrected chi connectivity index (χ1v) is 27.0. The van der Waals surface area contributed by atoms with Crippen LogP contribution in [-0.2, 0) is 76.0 Å². The first kappa shape index (κ1) is 71.7. The Morgan fingerprint density at radius 3 is 1.40 bits per heavy atom. The summed E-state index contributed by atoms with van der Waals surface area (Å²) in [4.78, 5) is 48.9. The molecule has 0 bridgehead atoms. The predicted molar refractivity (Wildman–Crippen MR) is 263 cm³/mol. The highest BCUT2D eigenvalue weighted by atomic mass is 16.8. The van der Waals surface area contributed by atoms with Crippen molar-refractivity contribution in [1.82, 2.24) is 16.0 Å². The van der Waals surface area contributed by atoms with Crippen LogP contribution in [0.2, 0.25) is 0 Å². The molecule has 86 heavy (non-hydrogen) atoms. The number of aliphatic carboxylic acids is 1. The zero-order chi connectivity index (χ0) is 63.8. The summed E-state index contributed by atoms with van der Waals surface area (Å²) in [6.07, 6.45) is -59.2. The quantitative estimate of drug-likeness (QED) is 0.0340. The van der Waals surface area contributed by atoms with Crippen LogP contribution in [0.4, 0.5) is 0 Å². The highest BCUT2D eigenvalue weighted by Gasteiger charge is 2.62. The number of aliphatic hydroxyl groups is 19. The van der Waals surface area contributed by atoms with Gasteiger partial charge in [0.1, 0.15) is 140 Å². The molecule has 32 atom stereocenters. The SMILES string of the molecule is CC(=O)N[C@H]1[C@H](O[C@H]2[C@@H](O)[C@@H](CO)O[C@@H](O[C@H]3[C@H](O)[C@@H](O)[C@H](OC[C@@H](CO)NC=O)O[C@@H]3CO)[C@@H]2O)O[C@H](CO)[C@@H](O)[C@@H]1O[C@@H]1O[C@H](CO)[C@H](O)[C@H](O[C@@H]2O[C@H](CO)[C@H](O)[C@H](O[C@]3(C(=O)O)C[C@H](O)[C@@H](NC(C)=O)[C@H]([C@H](O)[C@H](O)CO)O3)[C@H]2O)[C@H]1O. The van der Waals surface area contributed by atoms with E-state index in [0.29, 0.717) is 0 Å². The van der Waals surface area contributed by atoms with E-state index in [2.05, 4.69) is 16.0 Å². The van der Waals surface area contributed by atoms with Gasteiger partial charge < -0.3 is 175 Å². The van der Waals surface area contributed by atoms with E-state index < -0.39 is 273 Å². The minimum Gasteiger partial charge on any atom is -0.477 e. The average Bonchev–Trinajstić information content (AvgIpc) is 0.830. The van der Waals surface area contributed by atoms with Gasteiger partial charge in [-0.2, -0.15) is 0 Å². The van der Waals surface area contributed by atoms with E-state index in [-0.39, 0.29) is 6.41 Å². The first-order chi connectivity index (χ1) is 40.7.